The van der Waals surface area contributed by atoms with Crippen LogP contribution in [0, 0.1) is 11.8 Å². The highest BCUT2D eigenvalue weighted by molar-refractivity contribution is 5.62. The molecule has 1 fully saturated rings. The van der Waals surface area contributed by atoms with E-state index < -0.39 is 6.16 Å². The van der Waals surface area contributed by atoms with Crippen LogP contribution < -0.4 is 4.74 Å². The Morgan fingerprint density at radius 2 is 2.14 bits per heavy atom. The van der Waals surface area contributed by atoms with E-state index in [9.17, 15) is 4.79 Å². The Morgan fingerprint density at radius 3 is 2.81 bits per heavy atom. The van der Waals surface area contributed by atoms with E-state index in [0.717, 1.165) is 12.8 Å². The average Bonchev–Trinajstić information content (AvgIpc) is 2.53. The van der Waals surface area contributed by atoms with Crippen LogP contribution in [0.1, 0.15) is 51.9 Å². The fourth-order valence-electron chi connectivity index (χ4n) is 3.13. The Balaban J connectivity index is 1.79. The Bertz CT molecular complexity index is 415. The van der Waals surface area contributed by atoms with Gasteiger partial charge in [0.05, 0.1) is 6.61 Å². The molecule has 0 radical (unpaired) electrons. The van der Waals surface area contributed by atoms with Gasteiger partial charge in [-0.05, 0) is 24.3 Å². The number of nitrogens with zero attached hydrogens (tertiary/aromatic N) is 1. The molecule has 1 aliphatic rings. The molecular weight excluding hydrogens is 266 g/mol. The molecular formula is C17H25NO3. The van der Waals surface area contributed by atoms with Crippen LogP contribution in [0.15, 0.2) is 24.4 Å². The summed E-state index contributed by atoms with van der Waals surface area (Å²) in [6, 6.07) is 5.20. The van der Waals surface area contributed by atoms with Gasteiger partial charge in [-0.2, -0.15) is 0 Å². The van der Waals surface area contributed by atoms with E-state index >= 15 is 0 Å². The predicted molar refractivity (Wildman–Crippen MR) is 81.2 cm³/mol. The molecule has 4 heteroatoms. The monoisotopic (exact) mass is 291 g/mol. The summed E-state index contributed by atoms with van der Waals surface area (Å²) in [6.45, 7) is 2.65. The smallest absolute Gasteiger partial charge is 0.434 e. The van der Waals surface area contributed by atoms with Gasteiger partial charge in [-0.1, -0.05) is 51.5 Å². The Labute approximate surface area is 126 Å². The summed E-state index contributed by atoms with van der Waals surface area (Å²) in [5, 5.41) is 0. The van der Waals surface area contributed by atoms with Gasteiger partial charge in [0.1, 0.15) is 0 Å². The van der Waals surface area contributed by atoms with Gasteiger partial charge in [-0.15, -0.1) is 0 Å². The first-order chi connectivity index (χ1) is 10.3. The first-order valence-electron chi connectivity index (χ1n) is 8.05. The number of rotatable bonds is 6. The highest BCUT2D eigenvalue weighted by atomic mass is 16.7. The zero-order chi connectivity index (χ0) is 14.9. The third-order valence-corrected chi connectivity index (χ3v) is 4.22. The molecule has 1 saturated carbocycles. The summed E-state index contributed by atoms with van der Waals surface area (Å²) in [4.78, 5) is 15.7. The average molecular weight is 291 g/mol. The number of carbonyl (C=O) groups excluding carboxylic acids is 1. The molecule has 0 amide bonds. The van der Waals surface area contributed by atoms with E-state index in [-0.39, 0.29) is 5.88 Å². The first kappa shape index (κ1) is 15.8. The van der Waals surface area contributed by atoms with Gasteiger partial charge in [0.15, 0.2) is 0 Å². The SMILES string of the molecule is CCCC(COC(=O)Oc1ccccn1)C1CCCCC1. The van der Waals surface area contributed by atoms with Crippen LogP contribution in [0.3, 0.4) is 0 Å². The fraction of sp³-hybridized carbons (Fsp3) is 0.647. The molecule has 1 heterocycles. The van der Waals surface area contributed by atoms with Crippen molar-refractivity contribution in [3.05, 3.63) is 24.4 Å². The fourth-order valence-corrected chi connectivity index (χ4v) is 3.13. The molecule has 1 aromatic heterocycles. The highest BCUT2D eigenvalue weighted by Crippen LogP contribution is 2.32. The van der Waals surface area contributed by atoms with E-state index in [4.69, 9.17) is 9.47 Å². The zero-order valence-corrected chi connectivity index (χ0v) is 12.8. The van der Waals surface area contributed by atoms with Crippen molar-refractivity contribution in [3.8, 4) is 5.88 Å². The maximum absolute atomic E-state index is 11.7. The lowest BCUT2D eigenvalue weighted by Crippen LogP contribution is -2.25. The maximum Gasteiger partial charge on any atom is 0.515 e. The lowest BCUT2D eigenvalue weighted by molar-refractivity contribution is 0.0623. The van der Waals surface area contributed by atoms with Crippen molar-refractivity contribution in [3.63, 3.8) is 0 Å². The summed E-state index contributed by atoms with van der Waals surface area (Å²) < 4.78 is 10.4. The Hall–Kier alpha value is -1.58. The first-order valence-corrected chi connectivity index (χ1v) is 8.05. The number of pyridine rings is 1. The quantitative estimate of drug-likeness (QED) is 0.719. The molecule has 4 nitrogen and oxygen atoms in total. The molecule has 1 unspecified atom stereocenters. The van der Waals surface area contributed by atoms with Gasteiger partial charge in [0, 0.05) is 12.3 Å². The van der Waals surface area contributed by atoms with Gasteiger partial charge in [-0.25, -0.2) is 9.78 Å². The second-order valence-corrected chi connectivity index (χ2v) is 5.78. The van der Waals surface area contributed by atoms with Crippen LogP contribution in [0.5, 0.6) is 5.88 Å². The molecule has 2 rings (SSSR count). The van der Waals surface area contributed by atoms with Crippen molar-refractivity contribution < 1.29 is 14.3 Å². The van der Waals surface area contributed by atoms with Crippen molar-refractivity contribution in [1.82, 2.24) is 4.98 Å². The minimum absolute atomic E-state index is 0.284. The normalized spacial score (nSPS) is 17.2. The lowest BCUT2D eigenvalue weighted by Gasteiger charge is -2.29. The zero-order valence-electron chi connectivity index (χ0n) is 12.8. The summed E-state index contributed by atoms with van der Waals surface area (Å²) >= 11 is 0. The second-order valence-electron chi connectivity index (χ2n) is 5.78. The third kappa shape index (κ3) is 5.37. The second kappa shape index (κ2) is 8.65. The van der Waals surface area contributed by atoms with Gasteiger partial charge in [-0.3, -0.25) is 0 Å². The van der Waals surface area contributed by atoms with Crippen LogP contribution in [0.25, 0.3) is 0 Å². The summed E-state index contributed by atoms with van der Waals surface area (Å²) in [5.41, 5.74) is 0. The molecule has 0 saturated heterocycles. The molecule has 21 heavy (non-hydrogen) atoms. The van der Waals surface area contributed by atoms with Gasteiger partial charge < -0.3 is 9.47 Å². The molecule has 0 aliphatic heterocycles. The van der Waals surface area contributed by atoms with E-state index in [0.29, 0.717) is 18.4 Å². The number of carbonyl (C=O) groups is 1. The van der Waals surface area contributed by atoms with Gasteiger partial charge >= 0.3 is 6.16 Å². The topological polar surface area (TPSA) is 48.4 Å². The minimum atomic E-state index is -0.648. The number of hydrogen-bond acceptors (Lipinski definition) is 4. The van der Waals surface area contributed by atoms with E-state index in [2.05, 4.69) is 11.9 Å². The summed E-state index contributed by atoms with van der Waals surface area (Å²) in [6.07, 6.45) is 9.67. The summed E-state index contributed by atoms with van der Waals surface area (Å²) in [7, 11) is 0. The molecule has 1 atom stereocenters. The van der Waals surface area contributed by atoms with E-state index in [1.165, 1.54) is 32.1 Å². The van der Waals surface area contributed by atoms with Crippen LogP contribution in [-0.4, -0.2) is 17.7 Å². The van der Waals surface area contributed by atoms with Crippen molar-refractivity contribution in [1.29, 1.82) is 0 Å². The lowest BCUT2D eigenvalue weighted by atomic mass is 9.78. The third-order valence-electron chi connectivity index (χ3n) is 4.22. The molecule has 0 bridgehead atoms. The molecule has 1 aromatic rings. The largest absolute Gasteiger partial charge is 0.515 e. The van der Waals surface area contributed by atoms with E-state index in [1.807, 2.05) is 0 Å². The number of hydrogen-bond donors (Lipinski definition) is 0. The predicted octanol–water partition coefficient (Wildman–Crippen LogP) is 4.59. The molecule has 0 aromatic carbocycles. The molecule has 1 aliphatic carbocycles. The maximum atomic E-state index is 11.7. The van der Waals surface area contributed by atoms with Crippen molar-refractivity contribution in [2.45, 2.75) is 51.9 Å². The number of ether oxygens (including phenoxy) is 2. The Kier molecular flexibility index (Phi) is 6.51. The van der Waals surface area contributed by atoms with Crippen LogP contribution in [0.4, 0.5) is 4.79 Å². The van der Waals surface area contributed by atoms with Crippen LogP contribution >= 0.6 is 0 Å². The molecule has 116 valence electrons. The Morgan fingerprint density at radius 1 is 1.33 bits per heavy atom. The van der Waals surface area contributed by atoms with E-state index in [1.54, 1.807) is 24.4 Å². The van der Waals surface area contributed by atoms with Crippen molar-refractivity contribution in [2.75, 3.05) is 6.61 Å². The van der Waals surface area contributed by atoms with Crippen LogP contribution in [0.2, 0.25) is 0 Å². The molecule has 0 spiro atoms. The minimum Gasteiger partial charge on any atom is -0.434 e. The van der Waals surface area contributed by atoms with Crippen molar-refractivity contribution in [2.24, 2.45) is 11.8 Å². The van der Waals surface area contributed by atoms with Crippen LogP contribution in [-0.2, 0) is 4.74 Å². The number of aromatic nitrogens is 1. The van der Waals surface area contributed by atoms with Gasteiger partial charge in [0.25, 0.3) is 0 Å². The van der Waals surface area contributed by atoms with Crippen molar-refractivity contribution >= 4 is 6.16 Å². The molecule has 0 N–H and O–H groups in total. The summed E-state index contributed by atoms with van der Waals surface area (Å²) in [5.74, 6) is 1.44. The highest BCUT2D eigenvalue weighted by Gasteiger charge is 2.24. The van der Waals surface area contributed by atoms with Gasteiger partial charge in [0.2, 0.25) is 5.88 Å². The standard InChI is InChI=1S/C17H25NO3/c1-2-8-15(14-9-4-3-5-10-14)13-20-17(19)21-16-11-6-7-12-18-16/h6-7,11-12,14-15H,2-5,8-10,13H2,1H3.